The Bertz CT molecular complexity index is 883. The van der Waals surface area contributed by atoms with Crippen LogP contribution in [0.25, 0.3) is 0 Å². The van der Waals surface area contributed by atoms with Gasteiger partial charge in [-0.25, -0.2) is 8.78 Å². The van der Waals surface area contributed by atoms with E-state index in [4.69, 9.17) is 0 Å². The Kier molecular flexibility index (Phi) is 5.06. The highest BCUT2D eigenvalue weighted by molar-refractivity contribution is 5.98. The lowest BCUT2D eigenvalue weighted by Crippen LogP contribution is -2.27. The molecule has 0 bridgehead atoms. The molecule has 2 amide bonds. The molecule has 2 aromatic rings. The van der Waals surface area contributed by atoms with Gasteiger partial charge in [0.2, 0.25) is 6.41 Å². The van der Waals surface area contributed by atoms with Crippen molar-refractivity contribution in [1.82, 2.24) is 5.32 Å². The van der Waals surface area contributed by atoms with Crippen LogP contribution in [0.2, 0.25) is 0 Å². The van der Waals surface area contributed by atoms with Gasteiger partial charge in [0.1, 0.15) is 11.6 Å². The Morgan fingerprint density at radius 1 is 1.15 bits per heavy atom. The fourth-order valence-corrected chi connectivity index (χ4v) is 2.91. The first-order chi connectivity index (χ1) is 12.5. The number of rotatable bonds is 6. The largest absolute Gasteiger partial charge is 0.351 e. The summed E-state index contributed by atoms with van der Waals surface area (Å²) in [6, 6.07) is 7.72. The Morgan fingerprint density at radius 3 is 2.73 bits per heavy atom. The highest BCUT2D eigenvalue weighted by Crippen LogP contribution is 2.27. The van der Waals surface area contributed by atoms with Crippen LogP contribution in [0.5, 0.6) is 0 Å². The molecule has 3 rings (SSSR count). The molecule has 2 aromatic carbocycles. The van der Waals surface area contributed by atoms with E-state index in [-0.39, 0.29) is 18.7 Å². The van der Waals surface area contributed by atoms with Crippen LogP contribution in [-0.2, 0) is 11.2 Å². The molecule has 0 unspecified atom stereocenters. The predicted molar refractivity (Wildman–Crippen MR) is 91.2 cm³/mol. The average molecular weight is 358 g/mol. The monoisotopic (exact) mass is 358 g/mol. The molecule has 26 heavy (non-hydrogen) atoms. The SMILES string of the molecule is O=CN1CCc2cc(C(=O)CCNC(=O)c3cc(F)ccc3F)ccc21. The van der Waals surface area contributed by atoms with Crippen LogP contribution in [0.3, 0.4) is 0 Å². The normalized spacial score (nSPS) is 12.6. The second kappa shape index (κ2) is 7.43. The van der Waals surface area contributed by atoms with Crippen molar-refractivity contribution >= 4 is 23.8 Å². The Balaban J connectivity index is 1.59. The molecule has 0 saturated heterocycles. The summed E-state index contributed by atoms with van der Waals surface area (Å²) in [5, 5.41) is 2.42. The lowest BCUT2D eigenvalue weighted by atomic mass is 10.0. The number of Topliss-reactive ketones (excluding diaryl/α,β-unsaturated/α-hetero) is 1. The van der Waals surface area contributed by atoms with E-state index < -0.39 is 23.1 Å². The number of amides is 2. The van der Waals surface area contributed by atoms with Gasteiger partial charge >= 0.3 is 0 Å². The van der Waals surface area contributed by atoms with E-state index in [1.807, 2.05) is 0 Å². The number of ketones is 1. The van der Waals surface area contributed by atoms with E-state index in [1.54, 1.807) is 23.1 Å². The minimum atomic E-state index is -0.825. The molecule has 1 aliphatic rings. The third-order valence-electron chi connectivity index (χ3n) is 4.27. The van der Waals surface area contributed by atoms with Crippen molar-refractivity contribution in [3.63, 3.8) is 0 Å². The number of halogens is 2. The Hall–Kier alpha value is -3.09. The molecule has 0 saturated carbocycles. The molecule has 0 atom stereocenters. The summed E-state index contributed by atoms with van der Waals surface area (Å²) < 4.78 is 26.7. The number of hydrogen-bond donors (Lipinski definition) is 1. The van der Waals surface area contributed by atoms with Crippen LogP contribution < -0.4 is 10.2 Å². The zero-order chi connectivity index (χ0) is 18.7. The van der Waals surface area contributed by atoms with E-state index in [1.165, 1.54) is 0 Å². The van der Waals surface area contributed by atoms with Crippen LogP contribution in [-0.4, -0.2) is 31.2 Å². The lowest BCUT2D eigenvalue weighted by molar-refractivity contribution is -0.107. The van der Waals surface area contributed by atoms with Gasteiger partial charge in [-0.1, -0.05) is 0 Å². The van der Waals surface area contributed by atoms with Crippen LogP contribution in [0.15, 0.2) is 36.4 Å². The smallest absolute Gasteiger partial charge is 0.254 e. The maximum absolute atomic E-state index is 13.5. The molecule has 134 valence electrons. The van der Waals surface area contributed by atoms with Crippen LogP contribution in [0.4, 0.5) is 14.5 Å². The fraction of sp³-hybridized carbons (Fsp3) is 0.211. The van der Waals surface area contributed by atoms with Gasteiger partial charge in [-0.2, -0.15) is 0 Å². The number of benzene rings is 2. The molecule has 5 nitrogen and oxygen atoms in total. The summed E-state index contributed by atoms with van der Waals surface area (Å²) in [5.41, 5.74) is 1.81. The first-order valence-corrected chi connectivity index (χ1v) is 8.11. The fourth-order valence-electron chi connectivity index (χ4n) is 2.91. The van der Waals surface area contributed by atoms with Crippen molar-refractivity contribution < 1.29 is 23.2 Å². The van der Waals surface area contributed by atoms with Gasteiger partial charge in [-0.3, -0.25) is 14.4 Å². The zero-order valence-corrected chi connectivity index (χ0v) is 13.8. The summed E-state index contributed by atoms with van der Waals surface area (Å²) in [4.78, 5) is 36.7. The van der Waals surface area contributed by atoms with Gasteiger partial charge in [0, 0.05) is 30.8 Å². The molecule has 1 heterocycles. The number of fused-ring (bicyclic) bond motifs is 1. The summed E-state index contributed by atoms with van der Waals surface area (Å²) >= 11 is 0. The highest BCUT2D eigenvalue weighted by atomic mass is 19.1. The number of nitrogens with zero attached hydrogens (tertiary/aromatic N) is 1. The van der Waals surface area contributed by atoms with Crippen molar-refractivity contribution in [2.45, 2.75) is 12.8 Å². The van der Waals surface area contributed by atoms with Gasteiger partial charge in [0.05, 0.1) is 5.56 Å². The zero-order valence-electron chi connectivity index (χ0n) is 13.8. The van der Waals surface area contributed by atoms with Gasteiger partial charge in [0.25, 0.3) is 5.91 Å². The first kappa shape index (κ1) is 17.7. The van der Waals surface area contributed by atoms with Crippen molar-refractivity contribution in [3.05, 3.63) is 64.7 Å². The van der Waals surface area contributed by atoms with Crippen molar-refractivity contribution in [2.75, 3.05) is 18.0 Å². The van der Waals surface area contributed by atoms with Crippen molar-refractivity contribution in [1.29, 1.82) is 0 Å². The second-order valence-electron chi connectivity index (χ2n) is 5.95. The lowest BCUT2D eigenvalue weighted by Gasteiger charge is -2.10. The van der Waals surface area contributed by atoms with E-state index >= 15 is 0 Å². The summed E-state index contributed by atoms with van der Waals surface area (Å²) in [6.07, 6.45) is 1.47. The highest BCUT2D eigenvalue weighted by Gasteiger charge is 2.20. The number of carbonyl (C=O) groups excluding carboxylic acids is 3. The second-order valence-corrected chi connectivity index (χ2v) is 5.95. The molecule has 7 heteroatoms. The molecule has 1 N–H and O–H groups in total. The average Bonchev–Trinajstić information content (AvgIpc) is 3.05. The molecule has 0 radical (unpaired) electrons. The van der Waals surface area contributed by atoms with Crippen molar-refractivity contribution in [2.24, 2.45) is 0 Å². The maximum Gasteiger partial charge on any atom is 0.254 e. The van der Waals surface area contributed by atoms with Crippen LogP contribution in [0, 0.1) is 11.6 Å². The summed E-state index contributed by atoms with van der Waals surface area (Å²) in [6.45, 7) is 0.594. The number of hydrogen-bond acceptors (Lipinski definition) is 3. The third kappa shape index (κ3) is 3.61. The molecule has 0 aromatic heterocycles. The maximum atomic E-state index is 13.5. The minimum Gasteiger partial charge on any atom is -0.351 e. The van der Waals surface area contributed by atoms with E-state index in [0.717, 1.165) is 35.9 Å². The van der Waals surface area contributed by atoms with E-state index in [9.17, 15) is 23.2 Å². The Labute approximate surface area is 148 Å². The molecule has 0 fully saturated rings. The van der Waals surface area contributed by atoms with Gasteiger partial charge in [-0.15, -0.1) is 0 Å². The van der Waals surface area contributed by atoms with Crippen LogP contribution >= 0.6 is 0 Å². The van der Waals surface area contributed by atoms with Crippen molar-refractivity contribution in [3.8, 4) is 0 Å². The van der Waals surface area contributed by atoms with E-state index in [2.05, 4.69) is 5.32 Å². The molecular formula is C19H16F2N2O3. The Morgan fingerprint density at radius 2 is 1.96 bits per heavy atom. The van der Waals surface area contributed by atoms with Gasteiger partial charge in [0.15, 0.2) is 5.78 Å². The summed E-state index contributed by atoms with van der Waals surface area (Å²) in [5.74, 6) is -2.49. The number of carbonyl (C=O) groups is 3. The number of anilines is 1. The quantitative estimate of drug-likeness (QED) is 0.637. The van der Waals surface area contributed by atoms with Gasteiger partial charge < -0.3 is 10.2 Å². The van der Waals surface area contributed by atoms with Gasteiger partial charge in [-0.05, 0) is 48.4 Å². The molecule has 1 aliphatic heterocycles. The molecule has 0 spiro atoms. The molecule has 0 aliphatic carbocycles. The number of nitrogens with one attached hydrogen (secondary N) is 1. The van der Waals surface area contributed by atoms with E-state index in [0.29, 0.717) is 18.5 Å². The third-order valence-corrected chi connectivity index (χ3v) is 4.27. The predicted octanol–water partition coefficient (Wildman–Crippen LogP) is 2.49. The topological polar surface area (TPSA) is 66.5 Å². The summed E-state index contributed by atoms with van der Waals surface area (Å²) in [7, 11) is 0. The molecular weight excluding hydrogens is 342 g/mol. The van der Waals surface area contributed by atoms with Crippen LogP contribution in [0.1, 0.15) is 32.7 Å². The first-order valence-electron chi connectivity index (χ1n) is 8.11. The minimum absolute atomic E-state index is 0.00513. The standard InChI is InChI=1S/C19H16F2N2O3/c20-14-2-3-16(21)15(10-14)19(26)22-7-5-18(25)13-1-4-17-12(9-13)6-8-23(17)11-24/h1-4,9-11H,5-8H2,(H,22,26).